The molecule has 0 spiro atoms. The molecule has 2 heterocycles. The fourth-order valence-electron chi connectivity index (χ4n) is 4.01. The van der Waals surface area contributed by atoms with Crippen LogP contribution in [0.4, 0.5) is 0 Å². The summed E-state index contributed by atoms with van der Waals surface area (Å²) in [6, 6.07) is 10.5. The van der Waals surface area contributed by atoms with Crippen LogP contribution in [0.15, 0.2) is 35.3 Å². The van der Waals surface area contributed by atoms with Gasteiger partial charge in [0.15, 0.2) is 5.96 Å². The minimum atomic E-state index is 0. The van der Waals surface area contributed by atoms with Gasteiger partial charge in [0.2, 0.25) is 0 Å². The lowest BCUT2D eigenvalue weighted by Crippen LogP contribution is -2.53. The summed E-state index contributed by atoms with van der Waals surface area (Å²) in [5, 5.41) is 16.6. The van der Waals surface area contributed by atoms with Gasteiger partial charge in [-0.2, -0.15) is 0 Å². The van der Waals surface area contributed by atoms with Gasteiger partial charge in [-0.05, 0) is 12.0 Å². The topological polar surface area (TPSA) is 78.4 Å². The Morgan fingerprint density at radius 2 is 1.86 bits per heavy atom. The number of aliphatic imine (C=N–C) groups is 1. The van der Waals surface area contributed by atoms with E-state index in [4.69, 9.17) is 9.47 Å². The van der Waals surface area contributed by atoms with Gasteiger partial charge in [0.1, 0.15) is 0 Å². The second-order valence-electron chi connectivity index (χ2n) is 7.46. The van der Waals surface area contributed by atoms with E-state index in [1.807, 2.05) is 30.3 Å². The molecule has 2 saturated heterocycles. The molecule has 0 aromatic heterocycles. The molecule has 8 heteroatoms. The lowest BCUT2D eigenvalue weighted by Gasteiger charge is -2.37. The third kappa shape index (κ3) is 7.36. The number of ether oxygens (including phenoxy) is 2. The lowest BCUT2D eigenvalue weighted by molar-refractivity contribution is 0.00246. The Bertz CT molecular complexity index is 593. The SMILES string of the molecule is CN=C(NCC(CO)c1ccccc1)NCC(C1CCOC1)N1CCOCC1.I. The van der Waals surface area contributed by atoms with E-state index >= 15 is 0 Å². The highest BCUT2D eigenvalue weighted by molar-refractivity contribution is 14.0. The number of benzene rings is 1. The highest BCUT2D eigenvalue weighted by Crippen LogP contribution is 2.22. The smallest absolute Gasteiger partial charge is 0.191 e. The van der Waals surface area contributed by atoms with Crippen molar-refractivity contribution >= 4 is 29.9 Å². The Kier molecular flexibility index (Phi) is 11.2. The summed E-state index contributed by atoms with van der Waals surface area (Å²) in [7, 11) is 1.79. The summed E-state index contributed by atoms with van der Waals surface area (Å²) in [6.45, 7) is 6.77. The van der Waals surface area contributed by atoms with E-state index in [2.05, 4.69) is 20.5 Å². The normalized spacial score (nSPS) is 22.6. The molecule has 2 aliphatic heterocycles. The zero-order valence-corrected chi connectivity index (χ0v) is 19.6. The van der Waals surface area contributed by atoms with Crippen molar-refractivity contribution in [3.8, 4) is 0 Å². The van der Waals surface area contributed by atoms with Gasteiger partial charge in [-0.3, -0.25) is 9.89 Å². The predicted molar refractivity (Wildman–Crippen MR) is 126 cm³/mol. The summed E-state index contributed by atoms with van der Waals surface area (Å²) in [5.41, 5.74) is 1.13. The number of hydrogen-bond donors (Lipinski definition) is 3. The number of nitrogens with zero attached hydrogens (tertiary/aromatic N) is 2. The maximum atomic E-state index is 9.76. The van der Waals surface area contributed by atoms with Crippen molar-refractivity contribution in [1.29, 1.82) is 0 Å². The number of nitrogens with one attached hydrogen (secondary N) is 2. The molecule has 1 aromatic carbocycles. The van der Waals surface area contributed by atoms with Gasteiger partial charge in [0, 0.05) is 57.7 Å². The Morgan fingerprint density at radius 3 is 2.48 bits per heavy atom. The average Bonchev–Trinajstić information content (AvgIpc) is 3.29. The van der Waals surface area contributed by atoms with Gasteiger partial charge in [-0.15, -0.1) is 24.0 Å². The third-order valence-electron chi connectivity index (χ3n) is 5.73. The number of rotatable bonds is 8. The van der Waals surface area contributed by atoms with Crippen LogP contribution in [0, 0.1) is 5.92 Å². The summed E-state index contributed by atoms with van der Waals surface area (Å²) >= 11 is 0. The standard InChI is InChI=1S/C21H34N4O3.HI/c1-22-21(23-13-19(15-26)17-5-3-2-4-6-17)24-14-20(18-7-10-28-16-18)25-8-11-27-12-9-25;/h2-6,18-20,26H,7-16H2,1H3,(H2,22,23,24);1H. The second kappa shape index (κ2) is 13.4. The quantitative estimate of drug-likeness (QED) is 0.274. The van der Waals surface area contributed by atoms with Crippen molar-refractivity contribution in [2.75, 3.05) is 66.3 Å². The molecule has 0 bridgehead atoms. The van der Waals surface area contributed by atoms with Crippen LogP contribution in [0.2, 0.25) is 0 Å². The van der Waals surface area contributed by atoms with Crippen LogP contribution in [0.3, 0.4) is 0 Å². The summed E-state index contributed by atoms with van der Waals surface area (Å²) in [4.78, 5) is 6.89. The highest BCUT2D eigenvalue weighted by Gasteiger charge is 2.31. The molecule has 0 radical (unpaired) electrons. The van der Waals surface area contributed by atoms with Crippen LogP contribution in [-0.2, 0) is 9.47 Å². The van der Waals surface area contributed by atoms with E-state index in [9.17, 15) is 5.11 Å². The minimum Gasteiger partial charge on any atom is -0.396 e. The Labute approximate surface area is 191 Å². The maximum Gasteiger partial charge on any atom is 0.191 e. The van der Waals surface area contributed by atoms with E-state index < -0.39 is 0 Å². The van der Waals surface area contributed by atoms with E-state index in [0.717, 1.165) is 64.0 Å². The number of aliphatic hydroxyl groups is 1. The first-order valence-electron chi connectivity index (χ1n) is 10.3. The molecule has 7 nitrogen and oxygen atoms in total. The van der Waals surface area contributed by atoms with Gasteiger partial charge in [-0.25, -0.2) is 0 Å². The lowest BCUT2D eigenvalue weighted by atomic mass is 9.97. The second-order valence-corrected chi connectivity index (χ2v) is 7.46. The molecule has 0 saturated carbocycles. The van der Waals surface area contributed by atoms with E-state index in [1.54, 1.807) is 7.05 Å². The summed E-state index contributed by atoms with van der Waals surface area (Å²) < 4.78 is 11.2. The molecule has 164 valence electrons. The zero-order valence-electron chi connectivity index (χ0n) is 17.3. The molecular weight excluding hydrogens is 483 g/mol. The van der Waals surface area contributed by atoms with Crippen LogP contribution in [0.1, 0.15) is 17.9 Å². The maximum absolute atomic E-state index is 9.76. The van der Waals surface area contributed by atoms with Crippen molar-refractivity contribution in [1.82, 2.24) is 15.5 Å². The van der Waals surface area contributed by atoms with Crippen LogP contribution < -0.4 is 10.6 Å². The Hall–Kier alpha value is -0.940. The van der Waals surface area contributed by atoms with Crippen molar-refractivity contribution < 1.29 is 14.6 Å². The number of hydrogen-bond acceptors (Lipinski definition) is 5. The van der Waals surface area contributed by atoms with Gasteiger partial charge in [-0.1, -0.05) is 30.3 Å². The van der Waals surface area contributed by atoms with Crippen molar-refractivity contribution in [2.24, 2.45) is 10.9 Å². The zero-order chi connectivity index (χ0) is 19.6. The molecule has 3 atom stereocenters. The predicted octanol–water partition coefficient (Wildman–Crippen LogP) is 1.28. The third-order valence-corrected chi connectivity index (χ3v) is 5.73. The monoisotopic (exact) mass is 518 g/mol. The first-order chi connectivity index (χ1) is 13.8. The van der Waals surface area contributed by atoms with Gasteiger partial charge < -0.3 is 25.2 Å². The van der Waals surface area contributed by atoms with E-state index in [1.165, 1.54) is 0 Å². The van der Waals surface area contributed by atoms with Crippen LogP contribution in [0.5, 0.6) is 0 Å². The number of halogens is 1. The number of aliphatic hydroxyl groups excluding tert-OH is 1. The molecule has 1 aromatic rings. The molecule has 2 fully saturated rings. The molecular formula is C21H35IN4O3. The average molecular weight is 518 g/mol. The molecule has 3 N–H and O–H groups in total. The molecule has 29 heavy (non-hydrogen) atoms. The van der Waals surface area contributed by atoms with E-state index in [-0.39, 0.29) is 36.5 Å². The molecule has 2 aliphatic rings. The van der Waals surface area contributed by atoms with Gasteiger partial charge >= 0.3 is 0 Å². The summed E-state index contributed by atoms with van der Waals surface area (Å²) in [5.74, 6) is 1.35. The van der Waals surface area contributed by atoms with E-state index in [0.29, 0.717) is 18.5 Å². The van der Waals surface area contributed by atoms with Gasteiger partial charge in [0.25, 0.3) is 0 Å². The van der Waals surface area contributed by atoms with Crippen LogP contribution >= 0.6 is 24.0 Å². The molecule has 0 amide bonds. The first-order valence-corrected chi connectivity index (χ1v) is 10.3. The number of morpholine rings is 1. The Balaban J connectivity index is 0.00000300. The highest BCUT2D eigenvalue weighted by atomic mass is 127. The molecule has 3 unspecified atom stereocenters. The fourth-order valence-corrected chi connectivity index (χ4v) is 4.01. The van der Waals surface area contributed by atoms with Crippen molar-refractivity contribution in [3.63, 3.8) is 0 Å². The fraction of sp³-hybridized carbons (Fsp3) is 0.667. The van der Waals surface area contributed by atoms with Crippen LogP contribution in [-0.4, -0.2) is 88.3 Å². The summed E-state index contributed by atoms with van der Waals surface area (Å²) in [6.07, 6.45) is 1.11. The first kappa shape index (κ1) is 24.3. The van der Waals surface area contributed by atoms with Crippen molar-refractivity contribution in [3.05, 3.63) is 35.9 Å². The van der Waals surface area contributed by atoms with Crippen LogP contribution in [0.25, 0.3) is 0 Å². The Morgan fingerprint density at radius 1 is 1.14 bits per heavy atom. The van der Waals surface area contributed by atoms with Gasteiger partial charge in [0.05, 0.1) is 26.4 Å². The number of guanidine groups is 1. The van der Waals surface area contributed by atoms with Crippen molar-refractivity contribution in [2.45, 2.75) is 18.4 Å². The minimum absolute atomic E-state index is 0. The largest absolute Gasteiger partial charge is 0.396 e. The molecule has 3 rings (SSSR count). The molecule has 0 aliphatic carbocycles.